The van der Waals surface area contributed by atoms with Gasteiger partial charge in [0.1, 0.15) is 5.75 Å². The van der Waals surface area contributed by atoms with Crippen LogP contribution in [0.25, 0.3) is 0 Å². The fourth-order valence-electron chi connectivity index (χ4n) is 3.50. The summed E-state index contributed by atoms with van der Waals surface area (Å²) in [6.45, 7) is 2.63. The van der Waals surface area contributed by atoms with Crippen molar-refractivity contribution in [1.29, 1.82) is 0 Å². The fourth-order valence-corrected chi connectivity index (χ4v) is 3.50. The van der Waals surface area contributed by atoms with E-state index < -0.39 is 11.2 Å². The van der Waals surface area contributed by atoms with Gasteiger partial charge in [-0.25, -0.2) is 0 Å². The minimum absolute atomic E-state index is 0.0358. The number of fused-ring (bicyclic) bond motifs is 1. The van der Waals surface area contributed by atoms with Crippen LogP contribution >= 0.6 is 0 Å². The van der Waals surface area contributed by atoms with Gasteiger partial charge in [-0.1, -0.05) is 6.07 Å². The van der Waals surface area contributed by atoms with Crippen LogP contribution in [0.2, 0.25) is 0 Å². The lowest BCUT2D eigenvalue weighted by Crippen LogP contribution is -2.35. The van der Waals surface area contributed by atoms with Gasteiger partial charge in [0.25, 0.3) is 5.69 Å². The molecule has 0 spiro atoms. The molecule has 8 nitrogen and oxygen atoms in total. The van der Waals surface area contributed by atoms with Crippen LogP contribution in [0.15, 0.2) is 67.0 Å². The van der Waals surface area contributed by atoms with Crippen LogP contribution in [0.3, 0.4) is 0 Å². The van der Waals surface area contributed by atoms with Crippen LogP contribution in [0.1, 0.15) is 29.8 Å². The molecule has 152 valence electrons. The number of aromatic nitrogens is 1. The van der Waals surface area contributed by atoms with E-state index in [2.05, 4.69) is 15.2 Å². The molecule has 1 aromatic heterocycles. The second-order valence-electron chi connectivity index (χ2n) is 7.09. The molecule has 1 N–H and O–H groups in total. The topological polar surface area (TPSA) is 97.6 Å². The molecule has 1 aliphatic rings. The molecule has 4 rings (SSSR count). The number of non-ortho nitro benzene ring substituents is 1. The molecule has 2 heterocycles. The maximum atomic E-state index is 11.4. The van der Waals surface area contributed by atoms with Crippen molar-refractivity contribution in [3.63, 3.8) is 0 Å². The molecular formula is C22H20N4O4. The lowest BCUT2D eigenvalue weighted by atomic mass is 10.1. The predicted molar refractivity (Wildman–Crippen MR) is 111 cm³/mol. The minimum Gasteiger partial charge on any atom is -0.471 e. The Bertz CT molecular complexity index is 1070. The third kappa shape index (κ3) is 4.28. The first-order valence-corrected chi connectivity index (χ1v) is 9.44. The Labute approximate surface area is 173 Å². The van der Waals surface area contributed by atoms with E-state index in [0.29, 0.717) is 18.8 Å². The first-order valence-electron chi connectivity index (χ1n) is 9.44. The highest BCUT2D eigenvalue weighted by molar-refractivity contribution is 5.88. The maximum Gasteiger partial charge on any atom is 0.269 e. The van der Waals surface area contributed by atoms with Crippen LogP contribution in [-0.2, 0) is 17.9 Å². The molecule has 1 atom stereocenters. The number of carbonyl (C=O) groups is 1. The van der Waals surface area contributed by atoms with Gasteiger partial charge >= 0.3 is 0 Å². The summed E-state index contributed by atoms with van der Waals surface area (Å²) in [4.78, 5) is 28.3. The number of hydrogen-bond acceptors (Lipinski definition) is 6. The number of nitro benzene ring substituents is 1. The van der Waals surface area contributed by atoms with E-state index in [0.717, 1.165) is 22.4 Å². The second kappa shape index (κ2) is 8.30. The van der Waals surface area contributed by atoms with Crippen LogP contribution in [0, 0.1) is 10.1 Å². The number of benzene rings is 2. The highest BCUT2D eigenvalue weighted by Gasteiger charge is 2.29. The number of nitro groups is 1. The SMILES string of the molecule is CC(=O)Nc1ccc2c(c1)CN(Cc1cccnc1)C(c1ccc([N+](=O)[O-])cc1)O2. The van der Waals surface area contributed by atoms with Crippen molar-refractivity contribution in [3.05, 3.63) is 93.8 Å². The quantitative estimate of drug-likeness (QED) is 0.509. The molecule has 1 unspecified atom stereocenters. The largest absolute Gasteiger partial charge is 0.471 e. The van der Waals surface area contributed by atoms with Gasteiger partial charge in [0.2, 0.25) is 5.91 Å². The normalized spacial score (nSPS) is 15.7. The monoisotopic (exact) mass is 404 g/mol. The molecule has 3 aromatic rings. The summed E-state index contributed by atoms with van der Waals surface area (Å²) in [7, 11) is 0. The lowest BCUT2D eigenvalue weighted by molar-refractivity contribution is -0.384. The molecule has 0 fully saturated rings. The number of carbonyl (C=O) groups excluding carboxylic acids is 1. The molecule has 1 amide bonds. The van der Waals surface area contributed by atoms with E-state index in [-0.39, 0.29) is 11.6 Å². The number of anilines is 1. The van der Waals surface area contributed by atoms with Crippen LogP contribution in [-0.4, -0.2) is 20.7 Å². The molecule has 8 heteroatoms. The molecule has 0 saturated heterocycles. The number of rotatable bonds is 5. The Hall–Kier alpha value is -3.78. The number of hydrogen-bond donors (Lipinski definition) is 1. The Balaban J connectivity index is 1.67. The van der Waals surface area contributed by atoms with Crippen LogP contribution < -0.4 is 10.1 Å². The van der Waals surface area contributed by atoms with Crippen LogP contribution in [0.4, 0.5) is 11.4 Å². The average molecular weight is 404 g/mol. The molecule has 0 radical (unpaired) electrons. The zero-order valence-electron chi connectivity index (χ0n) is 16.3. The summed E-state index contributed by atoms with van der Waals surface area (Å²) >= 11 is 0. The van der Waals surface area contributed by atoms with Gasteiger partial charge in [0.05, 0.1) is 4.92 Å². The number of amides is 1. The van der Waals surface area contributed by atoms with Gasteiger partial charge in [-0.05, 0) is 42.0 Å². The Morgan fingerprint density at radius 1 is 1.27 bits per heavy atom. The fraction of sp³-hybridized carbons (Fsp3) is 0.182. The van der Waals surface area contributed by atoms with Crippen molar-refractivity contribution in [2.45, 2.75) is 26.2 Å². The van der Waals surface area contributed by atoms with E-state index >= 15 is 0 Å². The Morgan fingerprint density at radius 3 is 2.73 bits per heavy atom. The molecule has 2 aromatic carbocycles. The highest BCUT2D eigenvalue weighted by Crippen LogP contribution is 2.37. The summed E-state index contributed by atoms with van der Waals surface area (Å²) in [5.41, 5.74) is 3.53. The third-order valence-corrected chi connectivity index (χ3v) is 4.82. The molecule has 0 saturated carbocycles. The number of pyridine rings is 1. The molecule has 1 aliphatic heterocycles. The van der Waals surface area contributed by atoms with Gasteiger partial charge in [-0.2, -0.15) is 0 Å². The van der Waals surface area contributed by atoms with E-state index in [1.807, 2.05) is 24.3 Å². The van der Waals surface area contributed by atoms with E-state index in [9.17, 15) is 14.9 Å². The van der Waals surface area contributed by atoms with Crippen molar-refractivity contribution in [1.82, 2.24) is 9.88 Å². The molecule has 0 bridgehead atoms. The summed E-state index contributed by atoms with van der Waals surface area (Å²) in [6, 6.07) is 15.8. The van der Waals surface area contributed by atoms with Gasteiger partial charge < -0.3 is 10.1 Å². The highest BCUT2D eigenvalue weighted by atomic mass is 16.6. The number of ether oxygens (including phenoxy) is 1. The smallest absolute Gasteiger partial charge is 0.269 e. The van der Waals surface area contributed by atoms with Crippen LogP contribution in [0.5, 0.6) is 5.75 Å². The summed E-state index contributed by atoms with van der Waals surface area (Å²) in [5.74, 6) is 0.581. The van der Waals surface area contributed by atoms with E-state index in [1.54, 1.807) is 30.6 Å². The number of nitrogens with zero attached hydrogens (tertiary/aromatic N) is 3. The van der Waals surface area contributed by atoms with E-state index in [1.165, 1.54) is 19.1 Å². The summed E-state index contributed by atoms with van der Waals surface area (Å²) in [5, 5.41) is 13.8. The van der Waals surface area contributed by atoms with Crippen molar-refractivity contribution in [3.8, 4) is 5.75 Å². The predicted octanol–water partition coefficient (Wildman–Crippen LogP) is 4.04. The lowest BCUT2D eigenvalue weighted by Gasteiger charge is -2.37. The van der Waals surface area contributed by atoms with Gasteiger partial charge in [-0.15, -0.1) is 0 Å². The third-order valence-electron chi connectivity index (χ3n) is 4.82. The second-order valence-corrected chi connectivity index (χ2v) is 7.09. The average Bonchev–Trinajstić information content (AvgIpc) is 2.73. The van der Waals surface area contributed by atoms with E-state index in [4.69, 9.17) is 4.74 Å². The zero-order valence-corrected chi connectivity index (χ0v) is 16.3. The van der Waals surface area contributed by atoms with Crippen molar-refractivity contribution in [2.75, 3.05) is 5.32 Å². The maximum absolute atomic E-state index is 11.4. The Kier molecular flexibility index (Phi) is 5.40. The summed E-state index contributed by atoms with van der Waals surface area (Å²) in [6.07, 6.45) is 3.11. The minimum atomic E-state index is -0.419. The van der Waals surface area contributed by atoms with Crippen molar-refractivity contribution in [2.24, 2.45) is 0 Å². The van der Waals surface area contributed by atoms with Crippen molar-refractivity contribution < 1.29 is 14.5 Å². The molecule has 0 aliphatic carbocycles. The molecule has 30 heavy (non-hydrogen) atoms. The number of nitrogens with one attached hydrogen (secondary N) is 1. The first kappa shape index (κ1) is 19.5. The standard InChI is InChI=1S/C22H20N4O4/c1-15(27)24-19-6-9-21-18(11-19)14-25(13-16-3-2-10-23-12-16)22(30-21)17-4-7-20(8-5-17)26(28)29/h2-12,22H,13-14H2,1H3,(H,24,27). The first-order chi connectivity index (χ1) is 14.5. The zero-order chi connectivity index (χ0) is 21.1. The summed E-state index contributed by atoms with van der Waals surface area (Å²) < 4.78 is 6.29. The van der Waals surface area contributed by atoms with Gasteiger partial charge in [0, 0.05) is 61.4 Å². The molecular weight excluding hydrogens is 384 g/mol. The van der Waals surface area contributed by atoms with Gasteiger partial charge in [0.15, 0.2) is 6.23 Å². The van der Waals surface area contributed by atoms with Crippen molar-refractivity contribution >= 4 is 17.3 Å². The Morgan fingerprint density at radius 2 is 2.07 bits per heavy atom. The van der Waals surface area contributed by atoms with Gasteiger partial charge in [-0.3, -0.25) is 24.8 Å².